The Bertz CT molecular complexity index is 1890. The number of nitrogens with one attached hydrogen (secondary N) is 4. The fourth-order valence-corrected chi connectivity index (χ4v) is 10.1. The number of nitrogens with zero attached hydrogens (tertiary/aromatic N) is 2. The molecule has 4 N–H and O–H groups in total. The van der Waals surface area contributed by atoms with E-state index in [2.05, 4.69) is 27.8 Å². The maximum atomic E-state index is 14.8. The van der Waals surface area contributed by atoms with Gasteiger partial charge >= 0.3 is 12.1 Å². The molecule has 1 saturated heterocycles. The van der Waals surface area contributed by atoms with E-state index in [9.17, 15) is 37.2 Å². The Morgan fingerprint density at radius 2 is 1.62 bits per heavy atom. The van der Waals surface area contributed by atoms with Gasteiger partial charge in [-0.15, -0.1) is 6.58 Å². The molecule has 15 nitrogen and oxygen atoms in total. The molecule has 5 rings (SSSR count). The molecule has 1 aromatic rings. The highest BCUT2D eigenvalue weighted by Gasteiger charge is 2.48. The van der Waals surface area contributed by atoms with E-state index in [0.717, 1.165) is 49.7 Å². The van der Waals surface area contributed by atoms with Gasteiger partial charge in [-0.1, -0.05) is 89.6 Å². The van der Waals surface area contributed by atoms with Gasteiger partial charge in [0.1, 0.15) is 18.2 Å². The van der Waals surface area contributed by atoms with Crippen LogP contribution in [0, 0.1) is 11.3 Å². The summed E-state index contributed by atoms with van der Waals surface area (Å²) in [6.07, 6.45) is 6.73. The molecule has 2 saturated carbocycles. The smallest absolute Gasteiger partial charge is 0.410 e. The lowest BCUT2D eigenvalue weighted by molar-refractivity contribution is -0.144. The first kappa shape index (κ1) is 46.6. The Morgan fingerprint density at radius 3 is 2.22 bits per heavy atom. The van der Waals surface area contributed by atoms with Crippen LogP contribution in [-0.2, 0) is 46.7 Å². The lowest BCUT2D eigenvalue weighted by Crippen LogP contribution is -2.63. The van der Waals surface area contributed by atoms with Crippen LogP contribution < -0.4 is 21.3 Å². The van der Waals surface area contributed by atoms with E-state index >= 15 is 0 Å². The second-order valence-corrected chi connectivity index (χ2v) is 22.0. The Balaban J connectivity index is 1.39. The molecule has 0 spiro atoms. The van der Waals surface area contributed by atoms with E-state index in [1.807, 2.05) is 24.3 Å². The van der Waals surface area contributed by atoms with Gasteiger partial charge in [0, 0.05) is 26.1 Å². The SMILES string of the molecule is C=CCNC(=O)C(=O)C(CC1CCC1)NC(=O)[C@@H]1CC(OC(=O)N2CCc3ccccc3C2)CN1C(=O)[C@@H](NC(=O)NC1(CS(=O)(=O)C(C)(C)C)CCCCC1)C(C)(C)C. The number of hydrogen-bond donors (Lipinski definition) is 4. The van der Waals surface area contributed by atoms with Crippen LogP contribution in [0.3, 0.4) is 0 Å². The highest BCUT2D eigenvalue weighted by molar-refractivity contribution is 7.92. The van der Waals surface area contributed by atoms with Gasteiger partial charge < -0.3 is 35.8 Å². The number of benzene rings is 1. The topological polar surface area (TPSA) is 200 Å². The number of rotatable bonds is 14. The van der Waals surface area contributed by atoms with Crippen molar-refractivity contribution < 1.29 is 41.9 Å². The number of ketones is 1. The number of sulfone groups is 1. The summed E-state index contributed by atoms with van der Waals surface area (Å²) in [6.45, 7) is 14.4. The van der Waals surface area contributed by atoms with Gasteiger partial charge in [0.2, 0.25) is 17.6 Å². The van der Waals surface area contributed by atoms with Gasteiger partial charge in [0.15, 0.2) is 9.84 Å². The van der Waals surface area contributed by atoms with Crippen molar-refractivity contribution in [2.75, 3.05) is 25.4 Å². The summed E-state index contributed by atoms with van der Waals surface area (Å²) in [4.78, 5) is 86.0. The number of fused-ring (bicyclic) bond motifs is 1. The number of likely N-dealkylation sites (tertiary alicyclic amines) is 1. The summed E-state index contributed by atoms with van der Waals surface area (Å²) in [5.74, 6) is -3.08. The van der Waals surface area contributed by atoms with Gasteiger partial charge in [-0.25, -0.2) is 18.0 Å². The summed E-state index contributed by atoms with van der Waals surface area (Å²) >= 11 is 0. The van der Waals surface area contributed by atoms with Crippen LogP contribution in [0.4, 0.5) is 9.59 Å². The molecule has 0 bridgehead atoms. The highest BCUT2D eigenvalue weighted by Crippen LogP contribution is 2.34. The minimum absolute atomic E-state index is 0.0670. The molecule has 1 aromatic carbocycles. The number of ether oxygens (including phenoxy) is 1. The van der Waals surface area contributed by atoms with E-state index < -0.39 is 85.4 Å². The lowest BCUT2D eigenvalue weighted by atomic mass is 9.80. The van der Waals surface area contributed by atoms with E-state index in [1.165, 1.54) is 11.0 Å². The number of carbonyl (C=O) groups is 6. The molecule has 4 aliphatic rings. The summed E-state index contributed by atoms with van der Waals surface area (Å²) in [7, 11) is -3.64. The Hall–Kier alpha value is -4.47. The van der Waals surface area contributed by atoms with Crippen molar-refractivity contribution in [3.8, 4) is 0 Å². The van der Waals surface area contributed by atoms with Crippen LogP contribution in [0.5, 0.6) is 0 Å². The number of Topliss-reactive ketones (excluding diaryl/α,β-unsaturated/α-hetero) is 1. The molecule has 332 valence electrons. The minimum Gasteiger partial charge on any atom is -0.444 e. The molecular formula is C44H66N6O9S. The van der Waals surface area contributed by atoms with E-state index in [0.29, 0.717) is 32.4 Å². The zero-order chi connectivity index (χ0) is 44.0. The van der Waals surface area contributed by atoms with Crippen LogP contribution in [0.2, 0.25) is 0 Å². The van der Waals surface area contributed by atoms with E-state index in [1.54, 1.807) is 46.4 Å². The maximum absolute atomic E-state index is 14.8. The van der Waals surface area contributed by atoms with Crippen LogP contribution >= 0.6 is 0 Å². The number of hydrogen-bond acceptors (Lipinski definition) is 9. The Morgan fingerprint density at radius 1 is 0.950 bits per heavy atom. The molecule has 4 atom stereocenters. The first-order valence-electron chi connectivity index (χ1n) is 21.5. The van der Waals surface area contributed by atoms with Crippen molar-refractivity contribution in [2.45, 2.75) is 153 Å². The van der Waals surface area contributed by atoms with Gasteiger partial charge in [-0.2, -0.15) is 0 Å². The molecule has 0 radical (unpaired) electrons. The second-order valence-electron chi connectivity index (χ2n) is 19.3. The summed E-state index contributed by atoms with van der Waals surface area (Å²) in [5, 5.41) is 11.1. The number of carbonyl (C=O) groups excluding carboxylic acids is 6. The quantitative estimate of drug-likeness (QED) is 0.155. The maximum Gasteiger partial charge on any atom is 0.410 e. The fraction of sp³-hybridized carbons (Fsp3) is 0.682. The zero-order valence-electron chi connectivity index (χ0n) is 36.3. The van der Waals surface area contributed by atoms with E-state index in [4.69, 9.17) is 4.74 Å². The van der Waals surface area contributed by atoms with Crippen molar-refractivity contribution in [1.29, 1.82) is 0 Å². The zero-order valence-corrected chi connectivity index (χ0v) is 37.1. The average Bonchev–Trinajstić information content (AvgIpc) is 3.59. The molecular weight excluding hydrogens is 789 g/mol. The van der Waals surface area contributed by atoms with Crippen LogP contribution in [-0.4, -0.2) is 114 Å². The van der Waals surface area contributed by atoms with Gasteiger partial charge in [0.05, 0.1) is 28.6 Å². The third kappa shape index (κ3) is 11.5. The second kappa shape index (κ2) is 19.1. The largest absolute Gasteiger partial charge is 0.444 e. The summed E-state index contributed by atoms with van der Waals surface area (Å²) in [5.41, 5.74) is 0.206. The molecule has 3 fully saturated rings. The molecule has 6 amide bonds. The third-order valence-electron chi connectivity index (χ3n) is 12.5. The Kier molecular flexibility index (Phi) is 14.8. The minimum atomic E-state index is -3.64. The number of urea groups is 1. The highest BCUT2D eigenvalue weighted by atomic mass is 32.2. The molecule has 60 heavy (non-hydrogen) atoms. The van der Waals surface area contributed by atoms with Crippen LogP contribution in [0.1, 0.15) is 117 Å². The molecule has 2 heterocycles. The average molecular weight is 855 g/mol. The molecule has 2 aliphatic heterocycles. The third-order valence-corrected chi connectivity index (χ3v) is 15.3. The Labute approximate surface area is 355 Å². The van der Waals surface area contributed by atoms with Crippen molar-refractivity contribution in [3.05, 3.63) is 48.0 Å². The van der Waals surface area contributed by atoms with Gasteiger partial charge in [0.25, 0.3) is 5.91 Å². The lowest BCUT2D eigenvalue weighted by Gasteiger charge is -2.41. The monoisotopic (exact) mass is 854 g/mol. The number of amides is 6. The van der Waals surface area contributed by atoms with Crippen molar-refractivity contribution >= 4 is 45.5 Å². The normalized spacial score (nSPS) is 21.6. The van der Waals surface area contributed by atoms with Crippen molar-refractivity contribution in [3.63, 3.8) is 0 Å². The van der Waals surface area contributed by atoms with Crippen LogP contribution in [0.15, 0.2) is 36.9 Å². The molecule has 2 aliphatic carbocycles. The van der Waals surface area contributed by atoms with Gasteiger partial charge in [-0.3, -0.25) is 19.2 Å². The molecule has 2 unspecified atom stereocenters. The van der Waals surface area contributed by atoms with E-state index in [-0.39, 0.29) is 37.6 Å². The molecule has 16 heteroatoms. The van der Waals surface area contributed by atoms with Crippen LogP contribution in [0.25, 0.3) is 0 Å². The first-order valence-corrected chi connectivity index (χ1v) is 23.2. The standard InChI is InChI=1S/C44H66N6O9S/c1-8-22-45-38(53)35(51)33(24-29-15-14-16-29)46-37(52)34-25-32(59-41(56)49-23-19-30-17-10-11-18-31(30)26-49)27-50(34)39(54)36(42(2,3)4)47-40(55)48-44(20-12-9-13-21-44)28-60(57,58)43(5,6)7/h8,10-11,17-18,29,32-34,36H,1,9,12-16,19-28H2,2-7H3,(H,45,53)(H,46,52)(H2,47,48,55)/t32?,33?,34-,36+/m0/s1. The summed E-state index contributed by atoms with van der Waals surface area (Å²) < 4.78 is 31.9. The predicted molar refractivity (Wildman–Crippen MR) is 227 cm³/mol. The molecule has 0 aromatic heterocycles. The van der Waals surface area contributed by atoms with Crippen molar-refractivity contribution in [1.82, 2.24) is 31.1 Å². The fourth-order valence-electron chi connectivity index (χ4n) is 8.55. The first-order chi connectivity index (χ1) is 28.1. The van der Waals surface area contributed by atoms with Crippen molar-refractivity contribution in [2.24, 2.45) is 11.3 Å². The van der Waals surface area contributed by atoms with Gasteiger partial charge in [-0.05, 0) is 68.9 Å². The predicted octanol–water partition coefficient (Wildman–Crippen LogP) is 4.33. The summed E-state index contributed by atoms with van der Waals surface area (Å²) in [6, 6.07) is 3.55.